The van der Waals surface area contributed by atoms with Crippen molar-refractivity contribution in [3.63, 3.8) is 0 Å². The summed E-state index contributed by atoms with van der Waals surface area (Å²) in [5, 5.41) is 3.39. The molecule has 6 heteroatoms. The quantitative estimate of drug-likeness (QED) is 0.741. The molecule has 1 aliphatic heterocycles. The summed E-state index contributed by atoms with van der Waals surface area (Å²) in [6.45, 7) is 3.72. The van der Waals surface area contributed by atoms with Crippen LogP contribution in [0.25, 0.3) is 0 Å². The summed E-state index contributed by atoms with van der Waals surface area (Å²) in [5.74, 6) is 0.225. The summed E-state index contributed by atoms with van der Waals surface area (Å²) < 4.78 is 5.28. The third kappa shape index (κ3) is 4.54. The van der Waals surface area contributed by atoms with E-state index in [2.05, 4.69) is 41.4 Å². The van der Waals surface area contributed by atoms with Gasteiger partial charge in [0.2, 0.25) is 0 Å². The third-order valence-electron chi connectivity index (χ3n) is 5.22. The van der Waals surface area contributed by atoms with Crippen molar-refractivity contribution >= 4 is 23.2 Å². The number of benzene rings is 2. The molecule has 0 spiro atoms. The van der Waals surface area contributed by atoms with Gasteiger partial charge in [0.25, 0.3) is 5.91 Å². The molecule has 5 nitrogen and oxygen atoms in total. The number of methoxy groups -OCH3 is 1. The number of hydrogen-bond acceptors (Lipinski definition) is 4. The molecule has 27 heavy (non-hydrogen) atoms. The van der Waals surface area contributed by atoms with E-state index in [9.17, 15) is 4.79 Å². The molecule has 3 rings (SSSR count). The topological polar surface area (TPSA) is 67.6 Å². The summed E-state index contributed by atoms with van der Waals surface area (Å²) in [4.78, 5) is 15.1. The first-order chi connectivity index (χ1) is 13.0. The van der Waals surface area contributed by atoms with Gasteiger partial charge in [0.1, 0.15) is 5.75 Å². The Morgan fingerprint density at radius 3 is 2.74 bits per heavy atom. The first kappa shape index (κ1) is 19.5. The predicted molar refractivity (Wildman–Crippen MR) is 109 cm³/mol. The van der Waals surface area contributed by atoms with Gasteiger partial charge in [0.15, 0.2) is 0 Å². The van der Waals surface area contributed by atoms with Crippen LogP contribution in [0, 0.1) is 0 Å². The summed E-state index contributed by atoms with van der Waals surface area (Å²) in [7, 11) is 1.51. The molecule has 1 saturated heterocycles. The number of halogens is 1. The van der Waals surface area contributed by atoms with Crippen LogP contribution in [0.15, 0.2) is 42.5 Å². The van der Waals surface area contributed by atoms with Gasteiger partial charge in [0.05, 0.1) is 23.4 Å². The minimum absolute atomic E-state index is 0.201. The highest BCUT2D eigenvalue weighted by Gasteiger charge is 2.30. The van der Waals surface area contributed by atoms with Crippen molar-refractivity contribution in [3.8, 4) is 5.75 Å². The van der Waals surface area contributed by atoms with E-state index in [0.29, 0.717) is 40.7 Å². The van der Waals surface area contributed by atoms with Gasteiger partial charge in [0, 0.05) is 31.2 Å². The van der Waals surface area contributed by atoms with Gasteiger partial charge < -0.3 is 15.8 Å². The van der Waals surface area contributed by atoms with Gasteiger partial charge >= 0.3 is 0 Å². The monoisotopic (exact) mass is 387 g/mol. The van der Waals surface area contributed by atoms with Gasteiger partial charge in [-0.15, -0.1) is 0 Å². The first-order valence-electron chi connectivity index (χ1n) is 9.20. The van der Waals surface area contributed by atoms with E-state index < -0.39 is 0 Å². The number of nitrogens with two attached hydrogens (primary N) is 1. The number of nitrogens with zero attached hydrogens (tertiary/aromatic N) is 1. The Labute approximate surface area is 165 Å². The Bertz CT molecular complexity index is 798. The lowest BCUT2D eigenvalue weighted by molar-refractivity contribution is 0.0931. The van der Waals surface area contributed by atoms with Crippen molar-refractivity contribution < 1.29 is 9.53 Å². The van der Waals surface area contributed by atoms with Crippen LogP contribution in [0.1, 0.15) is 35.7 Å². The Hall–Kier alpha value is -2.24. The highest BCUT2D eigenvalue weighted by atomic mass is 35.5. The predicted octanol–water partition coefficient (Wildman–Crippen LogP) is 3.71. The van der Waals surface area contributed by atoms with Crippen molar-refractivity contribution in [1.29, 1.82) is 0 Å². The van der Waals surface area contributed by atoms with Crippen molar-refractivity contribution in [2.75, 3.05) is 19.4 Å². The van der Waals surface area contributed by atoms with Gasteiger partial charge in [-0.2, -0.15) is 0 Å². The standard InChI is InChI=1S/C21H26ClN3O2/c1-14-8-9-16(25(14)13-15-6-4-3-5-7-15)12-24-21(26)17-10-18(22)19(23)11-20(17)27-2/h3-7,10-11,14,16H,8-9,12-13,23H2,1-2H3,(H,24,26). The minimum atomic E-state index is -0.201. The molecular weight excluding hydrogens is 362 g/mol. The van der Waals surface area contributed by atoms with Crippen LogP contribution in [0.3, 0.4) is 0 Å². The lowest BCUT2D eigenvalue weighted by atomic mass is 10.1. The van der Waals surface area contributed by atoms with Crippen LogP contribution in [0.5, 0.6) is 5.75 Å². The van der Waals surface area contributed by atoms with Gasteiger partial charge in [-0.3, -0.25) is 9.69 Å². The van der Waals surface area contributed by atoms with E-state index in [4.69, 9.17) is 22.1 Å². The summed E-state index contributed by atoms with van der Waals surface area (Å²) in [5.41, 5.74) is 7.87. The average molecular weight is 388 g/mol. The smallest absolute Gasteiger partial charge is 0.255 e. The zero-order valence-corrected chi connectivity index (χ0v) is 16.5. The lowest BCUT2D eigenvalue weighted by Crippen LogP contribution is -2.42. The van der Waals surface area contributed by atoms with E-state index in [1.165, 1.54) is 12.7 Å². The fourth-order valence-corrected chi connectivity index (χ4v) is 3.81. The summed E-state index contributed by atoms with van der Waals surface area (Å²) in [6, 6.07) is 14.4. The molecule has 0 aliphatic carbocycles. The van der Waals surface area contributed by atoms with E-state index in [1.54, 1.807) is 12.1 Å². The van der Waals surface area contributed by atoms with Gasteiger partial charge in [-0.25, -0.2) is 0 Å². The molecule has 0 saturated carbocycles. The first-order valence-corrected chi connectivity index (χ1v) is 9.58. The molecule has 2 atom stereocenters. The SMILES string of the molecule is COc1cc(N)c(Cl)cc1C(=O)NCC1CCC(C)N1Cc1ccccc1. The molecule has 2 unspecified atom stereocenters. The number of anilines is 1. The molecule has 1 fully saturated rings. The van der Waals surface area contributed by atoms with Crippen LogP contribution in [-0.2, 0) is 6.54 Å². The Morgan fingerprint density at radius 2 is 2.04 bits per heavy atom. The summed E-state index contributed by atoms with van der Waals surface area (Å²) >= 11 is 6.08. The molecule has 0 radical (unpaired) electrons. The molecular formula is C21H26ClN3O2. The molecule has 3 N–H and O–H groups in total. The molecule has 1 aliphatic rings. The van der Waals surface area contributed by atoms with E-state index in [1.807, 2.05) is 6.07 Å². The fraction of sp³-hybridized carbons (Fsp3) is 0.381. The molecule has 0 bridgehead atoms. The molecule has 144 valence electrons. The second-order valence-electron chi connectivity index (χ2n) is 7.02. The normalized spacial score (nSPS) is 19.8. The van der Waals surface area contributed by atoms with Gasteiger partial charge in [-0.1, -0.05) is 41.9 Å². The minimum Gasteiger partial charge on any atom is -0.496 e. The van der Waals surface area contributed by atoms with Gasteiger partial charge in [-0.05, 0) is 31.4 Å². The zero-order chi connectivity index (χ0) is 19.4. The molecule has 1 heterocycles. The second-order valence-corrected chi connectivity index (χ2v) is 7.43. The molecule has 2 aromatic rings. The van der Waals surface area contributed by atoms with Crippen LogP contribution in [-0.4, -0.2) is 36.5 Å². The Morgan fingerprint density at radius 1 is 1.30 bits per heavy atom. The second kappa shape index (κ2) is 8.63. The van der Waals surface area contributed by atoms with Crippen LogP contribution in [0.4, 0.5) is 5.69 Å². The van der Waals surface area contributed by atoms with E-state index >= 15 is 0 Å². The number of nitrogens with one attached hydrogen (secondary N) is 1. The number of ether oxygens (including phenoxy) is 1. The maximum Gasteiger partial charge on any atom is 0.255 e. The number of rotatable bonds is 6. The number of nitrogen functional groups attached to an aromatic ring is 1. The number of carbonyl (C=O) groups excluding carboxylic acids is 1. The number of amides is 1. The molecule has 2 aromatic carbocycles. The lowest BCUT2D eigenvalue weighted by Gasteiger charge is -2.28. The third-order valence-corrected chi connectivity index (χ3v) is 5.55. The highest BCUT2D eigenvalue weighted by molar-refractivity contribution is 6.33. The maximum atomic E-state index is 12.7. The van der Waals surface area contributed by atoms with Crippen molar-refractivity contribution in [2.45, 2.75) is 38.4 Å². The molecule has 1 amide bonds. The Kier molecular flexibility index (Phi) is 6.24. The zero-order valence-electron chi connectivity index (χ0n) is 15.7. The van der Waals surface area contributed by atoms with Crippen molar-refractivity contribution in [2.24, 2.45) is 0 Å². The number of carbonyl (C=O) groups is 1. The van der Waals surface area contributed by atoms with Crippen LogP contribution >= 0.6 is 11.6 Å². The fourth-order valence-electron chi connectivity index (χ4n) is 3.64. The summed E-state index contributed by atoms with van der Waals surface area (Å²) in [6.07, 6.45) is 2.19. The number of likely N-dealkylation sites (tertiary alicyclic amines) is 1. The van der Waals surface area contributed by atoms with Crippen LogP contribution in [0.2, 0.25) is 5.02 Å². The van der Waals surface area contributed by atoms with E-state index in [0.717, 1.165) is 19.4 Å². The highest BCUT2D eigenvalue weighted by Crippen LogP contribution is 2.29. The largest absolute Gasteiger partial charge is 0.496 e. The molecule has 0 aromatic heterocycles. The number of hydrogen-bond donors (Lipinski definition) is 2. The van der Waals surface area contributed by atoms with Crippen molar-refractivity contribution in [1.82, 2.24) is 10.2 Å². The van der Waals surface area contributed by atoms with E-state index in [-0.39, 0.29) is 5.91 Å². The Balaban J connectivity index is 1.66. The van der Waals surface area contributed by atoms with Crippen LogP contribution < -0.4 is 15.8 Å². The van der Waals surface area contributed by atoms with Crippen molar-refractivity contribution in [3.05, 3.63) is 58.6 Å². The maximum absolute atomic E-state index is 12.7. The average Bonchev–Trinajstić information content (AvgIpc) is 3.02.